The van der Waals surface area contributed by atoms with Gasteiger partial charge in [-0.05, 0) is 82.2 Å². The predicted octanol–water partition coefficient (Wildman–Crippen LogP) is 2.91. The van der Waals surface area contributed by atoms with Crippen molar-refractivity contribution in [3.63, 3.8) is 0 Å². The minimum atomic E-state index is 0.409. The van der Waals surface area contributed by atoms with Gasteiger partial charge in [0.2, 0.25) is 0 Å². The molecule has 0 bridgehead atoms. The van der Waals surface area contributed by atoms with Gasteiger partial charge in [0.15, 0.2) is 5.96 Å². The Morgan fingerprint density at radius 1 is 1.15 bits per heavy atom. The fourth-order valence-electron chi connectivity index (χ4n) is 4.99. The molecule has 3 aliphatic rings. The molecule has 2 aliphatic heterocycles. The van der Waals surface area contributed by atoms with Crippen molar-refractivity contribution in [2.45, 2.75) is 64.5 Å². The molecule has 2 fully saturated rings. The summed E-state index contributed by atoms with van der Waals surface area (Å²) in [5.74, 6) is 1.42. The third kappa shape index (κ3) is 4.08. The van der Waals surface area contributed by atoms with E-state index in [9.17, 15) is 5.11 Å². The molecule has 1 aromatic carbocycles. The third-order valence-electron chi connectivity index (χ3n) is 6.47. The van der Waals surface area contributed by atoms with Gasteiger partial charge in [-0.15, -0.1) is 0 Å². The Labute approximate surface area is 163 Å². The molecule has 1 unspecified atom stereocenters. The van der Waals surface area contributed by atoms with Gasteiger partial charge in [0, 0.05) is 31.2 Å². The molecule has 0 saturated carbocycles. The molecule has 0 radical (unpaired) electrons. The second-order valence-electron chi connectivity index (χ2n) is 8.21. The topological polar surface area (TPSA) is 51.1 Å². The Kier molecular flexibility index (Phi) is 5.86. The molecule has 2 N–H and O–H groups in total. The van der Waals surface area contributed by atoms with E-state index in [0.717, 1.165) is 44.0 Å². The van der Waals surface area contributed by atoms with Gasteiger partial charge in [-0.1, -0.05) is 6.07 Å². The molecular formula is C22H34N4O. The van der Waals surface area contributed by atoms with Crippen molar-refractivity contribution in [2.75, 3.05) is 32.7 Å². The van der Waals surface area contributed by atoms with Gasteiger partial charge in [0.05, 0.1) is 6.54 Å². The van der Waals surface area contributed by atoms with E-state index in [1.807, 2.05) is 6.07 Å². The number of hydrogen-bond donors (Lipinski definition) is 2. The predicted molar refractivity (Wildman–Crippen MR) is 110 cm³/mol. The number of rotatable bonds is 4. The van der Waals surface area contributed by atoms with Crippen molar-refractivity contribution in [3.8, 4) is 5.75 Å². The average molecular weight is 371 g/mol. The van der Waals surface area contributed by atoms with Gasteiger partial charge in [0.25, 0.3) is 0 Å². The summed E-state index contributed by atoms with van der Waals surface area (Å²) in [4.78, 5) is 10.0. The number of nitrogens with zero attached hydrogens (tertiary/aromatic N) is 3. The number of fused-ring (bicyclic) bond motifs is 1. The van der Waals surface area contributed by atoms with E-state index >= 15 is 0 Å². The SMILES string of the molecule is CCNC(=NCc1c(O)ccc2c1CCCC2)N1CCC(N2CCCC2)C1. The van der Waals surface area contributed by atoms with E-state index in [1.54, 1.807) is 0 Å². The zero-order valence-corrected chi connectivity index (χ0v) is 16.7. The van der Waals surface area contributed by atoms with E-state index < -0.39 is 0 Å². The van der Waals surface area contributed by atoms with E-state index in [1.165, 1.54) is 56.3 Å². The van der Waals surface area contributed by atoms with Crippen LogP contribution in [-0.2, 0) is 19.4 Å². The molecule has 2 saturated heterocycles. The summed E-state index contributed by atoms with van der Waals surface area (Å²) in [6.07, 6.45) is 8.62. The first-order valence-electron chi connectivity index (χ1n) is 10.9. The maximum Gasteiger partial charge on any atom is 0.194 e. The summed E-state index contributed by atoms with van der Waals surface area (Å²) in [5, 5.41) is 13.9. The van der Waals surface area contributed by atoms with Crippen LogP contribution in [0.2, 0.25) is 0 Å². The Bertz CT molecular complexity index is 681. The second kappa shape index (κ2) is 8.51. The standard InChI is InChI=1S/C22H34N4O/c1-2-23-22(26-14-11-18(16-26)25-12-5-6-13-25)24-15-20-19-8-4-3-7-17(19)9-10-21(20)27/h9-10,18,27H,2-8,11-16H2,1H3,(H,23,24). The maximum atomic E-state index is 10.5. The molecular weight excluding hydrogens is 336 g/mol. The number of phenols is 1. The maximum absolute atomic E-state index is 10.5. The summed E-state index contributed by atoms with van der Waals surface area (Å²) < 4.78 is 0. The van der Waals surface area contributed by atoms with Crippen LogP contribution in [0.5, 0.6) is 5.75 Å². The lowest BCUT2D eigenvalue weighted by molar-refractivity contribution is 0.249. The number of aromatic hydroxyl groups is 1. The first-order valence-corrected chi connectivity index (χ1v) is 10.9. The fraction of sp³-hybridized carbons (Fsp3) is 0.682. The zero-order chi connectivity index (χ0) is 18.6. The minimum absolute atomic E-state index is 0.409. The van der Waals surface area contributed by atoms with Crippen LogP contribution in [0, 0.1) is 0 Å². The Hall–Kier alpha value is -1.75. The Balaban J connectivity index is 1.49. The first-order chi connectivity index (χ1) is 13.3. The lowest BCUT2D eigenvalue weighted by Crippen LogP contribution is -2.42. The lowest BCUT2D eigenvalue weighted by atomic mass is 9.88. The highest BCUT2D eigenvalue weighted by Crippen LogP contribution is 2.31. The number of hydrogen-bond acceptors (Lipinski definition) is 3. The van der Waals surface area contributed by atoms with Gasteiger partial charge >= 0.3 is 0 Å². The summed E-state index contributed by atoms with van der Waals surface area (Å²) in [7, 11) is 0. The smallest absolute Gasteiger partial charge is 0.194 e. The zero-order valence-electron chi connectivity index (χ0n) is 16.7. The molecule has 148 valence electrons. The molecule has 1 aliphatic carbocycles. The van der Waals surface area contributed by atoms with Crippen LogP contribution in [0.4, 0.5) is 0 Å². The van der Waals surface area contributed by atoms with E-state index in [4.69, 9.17) is 4.99 Å². The number of likely N-dealkylation sites (tertiary alicyclic amines) is 2. The minimum Gasteiger partial charge on any atom is -0.508 e. The quantitative estimate of drug-likeness (QED) is 0.632. The van der Waals surface area contributed by atoms with Gasteiger partial charge < -0.3 is 15.3 Å². The Morgan fingerprint density at radius 3 is 2.78 bits per heavy atom. The van der Waals surface area contributed by atoms with Crippen LogP contribution in [0.25, 0.3) is 0 Å². The van der Waals surface area contributed by atoms with Gasteiger partial charge in [-0.2, -0.15) is 0 Å². The normalized spacial score (nSPS) is 23.7. The van der Waals surface area contributed by atoms with Crippen molar-refractivity contribution in [1.82, 2.24) is 15.1 Å². The largest absolute Gasteiger partial charge is 0.508 e. The number of aliphatic imine (C=N–C) groups is 1. The van der Waals surface area contributed by atoms with Gasteiger partial charge in [-0.25, -0.2) is 4.99 Å². The van der Waals surface area contributed by atoms with Crippen molar-refractivity contribution in [3.05, 3.63) is 28.8 Å². The average Bonchev–Trinajstić information content (AvgIpc) is 3.38. The van der Waals surface area contributed by atoms with Crippen LogP contribution in [-0.4, -0.2) is 59.6 Å². The van der Waals surface area contributed by atoms with Crippen molar-refractivity contribution >= 4 is 5.96 Å². The summed E-state index contributed by atoms with van der Waals surface area (Å²) in [5.41, 5.74) is 3.79. The van der Waals surface area contributed by atoms with Crippen LogP contribution in [0.15, 0.2) is 17.1 Å². The number of phenolic OH excluding ortho intramolecular Hbond substituents is 1. The molecule has 4 rings (SSSR count). The van der Waals surface area contributed by atoms with Gasteiger partial charge in [0.1, 0.15) is 5.75 Å². The first kappa shape index (κ1) is 18.6. The highest BCUT2D eigenvalue weighted by Gasteiger charge is 2.30. The highest BCUT2D eigenvalue weighted by atomic mass is 16.3. The van der Waals surface area contributed by atoms with E-state index in [-0.39, 0.29) is 0 Å². The lowest BCUT2D eigenvalue weighted by Gasteiger charge is -2.26. The van der Waals surface area contributed by atoms with E-state index in [2.05, 4.69) is 28.1 Å². The molecule has 5 heteroatoms. The molecule has 5 nitrogen and oxygen atoms in total. The number of nitrogens with one attached hydrogen (secondary N) is 1. The molecule has 27 heavy (non-hydrogen) atoms. The highest BCUT2D eigenvalue weighted by molar-refractivity contribution is 5.80. The molecule has 2 heterocycles. The molecule has 0 spiro atoms. The number of benzene rings is 1. The van der Waals surface area contributed by atoms with E-state index in [0.29, 0.717) is 18.3 Å². The molecule has 0 amide bonds. The van der Waals surface area contributed by atoms with Crippen molar-refractivity contribution in [1.29, 1.82) is 0 Å². The summed E-state index contributed by atoms with van der Waals surface area (Å²) >= 11 is 0. The van der Waals surface area contributed by atoms with Crippen LogP contribution < -0.4 is 5.32 Å². The fourth-order valence-corrected chi connectivity index (χ4v) is 4.99. The third-order valence-corrected chi connectivity index (χ3v) is 6.47. The molecule has 1 aromatic rings. The molecule has 0 aromatic heterocycles. The number of aryl methyl sites for hydroxylation is 1. The van der Waals surface area contributed by atoms with Crippen molar-refractivity contribution < 1.29 is 5.11 Å². The summed E-state index contributed by atoms with van der Waals surface area (Å²) in [6, 6.07) is 4.64. The second-order valence-corrected chi connectivity index (χ2v) is 8.21. The number of guanidine groups is 1. The monoisotopic (exact) mass is 370 g/mol. The van der Waals surface area contributed by atoms with Crippen LogP contribution in [0.3, 0.4) is 0 Å². The van der Waals surface area contributed by atoms with Crippen LogP contribution >= 0.6 is 0 Å². The van der Waals surface area contributed by atoms with Crippen molar-refractivity contribution in [2.24, 2.45) is 4.99 Å². The van der Waals surface area contributed by atoms with Crippen LogP contribution in [0.1, 0.15) is 55.7 Å². The van der Waals surface area contributed by atoms with Gasteiger partial charge in [-0.3, -0.25) is 4.90 Å². The molecule has 1 atom stereocenters. The Morgan fingerprint density at radius 2 is 1.96 bits per heavy atom. The summed E-state index contributed by atoms with van der Waals surface area (Å²) in [6.45, 7) is 8.25.